The number of ether oxygens (including phenoxy) is 1. The lowest BCUT2D eigenvalue weighted by Crippen LogP contribution is -2.38. The summed E-state index contributed by atoms with van der Waals surface area (Å²) in [6, 6.07) is 25.3. The largest absolute Gasteiger partial charge is 0.444 e. The first-order valence-corrected chi connectivity index (χ1v) is 14.3. The first-order chi connectivity index (χ1) is 19.1. The normalized spacial score (nSPS) is 17.1. The zero-order valence-corrected chi connectivity index (χ0v) is 24.0. The van der Waals surface area contributed by atoms with Crippen LogP contribution in [0.15, 0.2) is 90.0 Å². The second-order valence-electron chi connectivity index (χ2n) is 11.0. The van der Waals surface area contributed by atoms with E-state index in [4.69, 9.17) is 4.74 Å². The van der Waals surface area contributed by atoms with Gasteiger partial charge in [-0.3, -0.25) is 9.78 Å². The maximum absolute atomic E-state index is 12.9. The van der Waals surface area contributed by atoms with Crippen LogP contribution in [0.25, 0.3) is 10.9 Å². The van der Waals surface area contributed by atoms with E-state index in [0.29, 0.717) is 17.4 Å². The summed E-state index contributed by atoms with van der Waals surface area (Å²) in [5.74, 6) is -0.168. The van der Waals surface area contributed by atoms with Gasteiger partial charge in [-0.25, -0.2) is 4.79 Å². The smallest absolute Gasteiger partial charge is 0.410 e. The SMILES string of the molecule is CC1CC(Sc2ccc(NC(=O)c3ccc(Nc4ccnc5ccccc45)cc3)cc2)CN1C(=O)OC(C)(C)C. The molecule has 0 saturated carbocycles. The summed E-state index contributed by atoms with van der Waals surface area (Å²) in [6.45, 7) is 8.37. The molecule has 0 bridgehead atoms. The van der Waals surface area contributed by atoms with Crippen molar-refractivity contribution in [1.82, 2.24) is 9.88 Å². The van der Waals surface area contributed by atoms with Crippen molar-refractivity contribution in [2.75, 3.05) is 17.2 Å². The second kappa shape index (κ2) is 11.6. The quantitative estimate of drug-likeness (QED) is 0.254. The molecule has 1 aliphatic rings. The average Bonchev–Trinajstić information content (AvgIpc) is 3.29. The fourth-order valence-corrected chi connectivity index (χ4v) is 6.01. The molecule has 40 heavy (non-hydrogen) atoms. The number of para-hydroxylation sites is 1. The fraction of sp³-hybridized carbons (Fsp3) is 0.281. The topological polar surface area (TPSA) is 83.6 Å². The minimum Gasteiger partial charge on any atom is -0.444 e. The number of fused-ring (bicyclic) bond motifs is 1. The molecule has 3 aromatic carbocycles. The van der Waals surface area contributed by atoms with E-state index in [0.717, 1.165) is 39.3 Å². The summed E-state index contributed by atoms with van der Waals surface area (Å²) < 4.78 is 5.56. The summed E-state index contributed by atoms with van der Waals surface area (Å²) in [5.41, 5.74) is 3.58. The lowest BCUT2D eigenvalue weighted by molar-refractivity contribution is 0.0239. The molecule has 1 saturated heterocycles. The maximum atomic E-state index is 12.9. The number of pyridine rings is 1. The fourth-order valence-electron chi connectivity index (χ4n) is 4.72. The molecule has 0 radical (unpaired) electrons. The molecule has 5 rings (SSSR count). The van der Waals surface area contributed by atoms with Crippen LogP contribution >= 0.6 is 11.8 Å². The summed E-state index contributed by atoms with van der Waals surface area (Å²) in [4.78, 5) is 32.7. The van der Waals surface area contributed by atoms with E-state index in [1.807, 2.05) is 105 Å². The van der Waals surface area contributed by atoms with Crippen LogP contribution in [-0.4, -0.2) is 45.3 Å². The van der Waals surface area contributed by atoms with E-state index < -0.39 is 5.60 Å². The monoisotopic (exact) mass is 554 g/mol. The number of thioether (sulfide) groups is 1. The molecular weight excluding hydrogens is 520 g/mol. The zero-order valence-electron chi connectivity index (χ0n) is 23.2. The third kappa shape index (κ3) is 6.74. The Hall–Kier alpha value is -4.04. The van der Waals surface area contributed by atoms with Crippen molar-refractivity contribution in [2.45, 2.75) is 55.9 Å². The van der Waals surface area contributed by atoms with Crippen molar-refractivity contribution >= 4 is 51.7 Å². The van der Waals surface area contributed by atoms with Gasteiger partial charge in [0.25, 0.3) is 5.91 Å². The van der Waals surface area contributed by atoms with Gasteiger partial charge >= 0.3 is 6.09 Å². The molecule has 206 valence electrons. The van der Waals surface area contributed by atoms with Crippen molar-refractivity contribution in [3.8, 4) is 0 Å². The Morgan fingerprint density at radius 1 is 0.950 bits per heavy atom. The van der Waals surface area contributed by atoms with E-state index in [9.17, 15) is 9.59 Å². The molecule has 2 N–H and O–H groups in total. The number of rotatable bonds is 6. The Bertz CT molecular complexity index is 1490. The maximum Gasteiger partial charge on any atom is 0.410 e. The number of carbonyl (C=O) groups excluding carboxylic acids is 2. The summed E-state index contributed by atoms with van der Waals surface area (Å²) in [6.07, 6.45) is 2.43. The van der Waals surface area contributed by atoms with Crippen molar-refractivity contribution in [3.05, 3.63) is 90.6 Å². The number of likely N-dealkylation sites (tertiary alicyclic amines) is 1. The number of nitrogens with zero attached hydrogens (tertiary/aromatic N) is 2. The molecule has 8 heteroatoms. The summed E-state index contributed by atoms with van der Waals surface area (Å²) in [5, 5.41) is 7.72. The summed E-state index contributed by atoms with van der Waals surface area (Å²) in [7, 11) is 0. The minimum atomic E-state index is -0.503. The number of aromatic nitrogens is 1. The van der Waals surface area contributed by atoms with E-state index in [1.165, 1.54) is 0 Å². The van der Waals surface area contributed by atoms with Crippen LogP contribution in [0.1, 0.15) is 44.5 Å². The van der Waals surface area contributed by atoms with E-state index >= 15 is 0 Å². The standard InChI is InChI=1S/C32H34N4O3S/c1-21-19-26(20-36(21)31(38)39-32(2,3)4)40-25-15-13-24(14-16-25)35-30(37)22-9-11-23(12-10-22)34-29-17-18-33-28-8-6-5-7-27(28)29/h5-18,21,26H,19-20H2,1-4H3,(H,33,34)(H,35,37). The van der Waals surface area contributed by atoms with Gasteiger partial charge in [-0.2, -0.15) is 0 Å². The van der Waals surface area contributed by atoms with Crippen LogP contribution < -0.4 is 10.6 Å². The number of benzene rings is 3. The van der Waals surface area contributed by atoms with Gasteiger partial charge < -0.3 is 20.3 Å². The van der Waals surface area contributed by atoms with Crippen LogP contribution in [-0.2, 0) is 4.74 Å². The molecule has 1 aliphatic heterocycles. The number of hydrogen-bond acceptors (Lipinski definition) is 6. The third-order valence-corrected chi connectivity index (χ3v) is 7.87. The van der Waals surface area contributed by atoms with Gasteiger partial charge in [-0.15, -0.1) is 11.8 Å². The van der Waals surface area contributed by atoms with Crippen LogP contribution in [0.5, 0.6) is 0 Å². The van der Waals surface area contributed by atoms with Gasteiger partial charge in [-0.1, -0.05) is 18.2 Å². The first-order valence-electron chi connectivity index (χ1n) is 13.4. The van der Waals surface area contributed by atoms with Crippen molar-refractivity contribution in [2.24, 2.45) is 0 Å². The second-order valence-corrected chi connectivity index (χ2v) is 12.4. The molecule has 0 spiro atoms. The Morgan fingerprint density at radius 2 is 1.65 bits per heavy atom. The highest BCUT2D eigenvalue weighted by Crippen LogP contribution is 2.34. The minimum absolute atomic E-state index is 0.136. The van der Waals surface area contributed by atoms with E-state index in [1.54, 1.807) is 18.0 Å². The van der Waals surface area contributed by atoms with Crippen LogP contribution in [0.3, 0.4) is 0 Å². The number of nitrogens with one attached hydrogen (secondary N) is 2. The molecule has 7 nitrogen and oxygen atoms in total. The number of anilines is 3. The number of hydrogen-bond donors (Lipinski definition) is 2. The van der Waals surface area contributed by atoms with Crippen LogP contribution in [0.2, 0.25) is 0 Å². The molecule has 1 aromatic heterocycles. The highest BCUT2D eigenvalue weighted by Gasteiger charge is 2.35. The van der Waals surface area contributed by atoms with E-state index in [-0.39, 0.29) is 18.0 Å². The van der Waals surface area contributed by atoms with Gasteiger partial charge in [0.15, 0.2) is 0 Å². The van der Waals surface area contributed by atoms with Gasteiger partial charge in [-0.05, 0) is 94.8 Å². The number of amides is 2. The Morgan fingerprint density at radius 3 is 2.38 bits per heavy atom. The predicted molar refractivity (Wildman–Crippen MR) is 163 cm³/mol. The third-order valence-electron chi connectivity index (χ3n) is 6.65. The van der Waals surface area contributed by atoms with Gasteiger partial charge in [0, 0.05) is 56.9 Å². The molecular formula is C32H34N4O3S. The van der Waals surface area contributed by atoms with Crippen molar-refractivity contribution in [1.29, 1.82) is 0 Å². The molecule has 2 amide bonds. The van der Waals surface area contributed by atoms with Crippen LogP contribution in [0, 0.1) is 0 Å². The summed E-state index contributed by atoms with van der Waals surface area (Å²) >= 11 is 1.75. The van der Waals surface area contributed by atoms with Gasteiger partial charge in [0.2, 0.25) is 0 Å². The van der Waals surface area contributed by atoms with Gasteiger partial charge in [0.05, 0.1) is 5.52 Å². The molecule has 4 aromatic rings. The Kier molecular flexibility index (Phi) is 7.98. The van der Waals surface area contributed by atoms with Crippen molar-refractivity contribution < 1.29 is 14.3 Å². The first kappa shape index (κ1) is 27.5. The van der Waals surface area contributed by atoms with E-state index in [2.05, 4.69) is 22.5 Å². The predicted octanol–water partition coefficient (Wildman–Crippen LogP) is 7.72. The lowest BCUT2D eigenvalue weighted by Gasteiger charge is -2.26. The zero-order chi connectivity index (χ0) is 28.3. The highest BCUT2D eigenvalue weighted by atomic mass is 32.2. The lowest BCUT2D eigenvalue weighted by atomic mass is 10.1. The number of carbonyl (C=O) groups is 2. The van der Waals surface area contributed by atoms with Gasteiger partial charge in [0.1, 0.15) is 5.60 Å². The Balaban J connectivity index is 1.15. The molecule has 2 heterocycles. The molecule has 2 unspecified atom stereocenters. The molecule has 1 fully saturated rings. The molecule has 2 atom stereocenters. The highest BCUT2D eigenvalue weighted by molar-refractivity contribution is 8.00. The average molecular weight is 555 g/mol. The molecule has 0 aliphatic carbocycles. The van der Waals surface area contributed by atoms with Crippen molar-refractivity contribution in [3.63, 3.8) is 0 Å². The Labute approximate surface area is 239 Å². The van der Waals surface area contributed by atoms with Crippen LogP contribution in [0.4, 0.5) is 21.9 Å².